The van der Waals surface area contributed by atoms with Gasteiger partial charge in [-0.15, -0.1) is 0 Å². The van der Waals surface area contributed by atoms with Crippen molar-refractivity contribution in [2.45, 2.75) is 26.2 Å². The molecule has 3 rings (SSSR count). The Labute approximate surface area is 178 Å². The summed E-state index contributed by atoms with van der Waals surface area (Å²) in [7, 11) is 0. The predicted octanol–water partition coefficient (Wildman–Crippen LogP) is 5.95. The summed E-state index contributed by atoms with van der Waals surface area (Å²) in [6.07, 6.45) is 0.988. The summed E-state index contributed by atoms with van der Waals surface area (Å²) in [6, 6.07) is 16.6. The third-order valence-corrected chi connectivity index (χ3v) is 5.69. The van der Waals surface area contributed by atoms with Crippen molar-refractivity contribution in [3.8, 4) is 5.75 Å². The normalized spacial score (nSPS) is 11.8. The average molecular weight is 457 g/mol. The number of hydrogen-bond donors (Lipinski definition) is 3. The molecule has 0 bridgehead atoms. The number of fused-ring (bicyclic) bond motifs is 1. The molecule has 0 radical (unpaired) electrons. The fraction of sp³-hybridized carbons (Fsp3) is 0.182. The van der Waals surface area contributed by atoms with Crippen molar-refractivity contribution in [3.63, 3.8) is 0 Å². The lowest BCUT2D eigenvalue weighted by atomic mass is 9.98. The number of nitrogens with one attached hydrogen (secondary N) is 2. The van der Waals surface area contributed by atoms with Crippen LogP contribution in [0, 0.1) is 0 Å². The summed E-state index contributed by atoms with van der Waals surface area (Å²) in [5, 5.41) is 17.7. The van der Waals surface area contributed by atoms with E-state index >= 15 is 0 Å². The molecule has 1 amide bonds. The Morgan fingerprint density at radius 2 is 1.86 bits per heavy atom. The van der Waals surface area contributed by atoms with E-state index in [1.807, 2.05) is 42.5 Å². The number of amides is 1. The van der Waals surface area contributed by atoms with Crippen LogP contribution < -0.4 is 10.6 Å². The first-order chi connectivity index (χ1) is 13.4. The molecule has 0 fully saturated rings. The number of carbonyl (C=O) groups excluding carboxylic acids is 1. The number of aromatic hydroxyl groups is 1. The number of carbonyl (C=O) groups is 1. The van der Waals surface area contributed by atoms with Gasteiger partial charge in [0.1, 0.15) is 5.75 Å². The highest BCUT2D eigenvalue weighted by atomic mass is 79.9. The van der Waals surface area contributed by atoms with Gasteiger partial charge in [0.25, 0.3) is 5.91 Å². The molecular weight excluding hydrogens is 436 g/mol. The van der Waals surface area contributed by atoms with Crippen molar-refractivity contribution >= 4 is 55.6 Å². The zero-order valence-electron chi connectivity index (χ0n) is 15.6. The number of anilines is 1. The minimum atomic E-state index is -0.307. The molecule has 0 aliphatic heterocycles. The number of benzene rings is 3. The standard InChI is InChI=1S/C22H21BrN2O2S/c1-3-13(2)14-10-11-20(26)19(12-14)24-22(28)25-21(27)17-8-4-7-16-15(17)6-5-9-18(16)23/h4-13,26H,3H2,1-2H3,(H2,24,25,27,28). The molecule has 6 heteroatoms. The SMILES string of the molecule is CCC(C)c1ccc(O)c(NC(=S)NC(=O)c2cccc3c(Br)cccc23)c1. The van der Waals surface area contributed by atoms with Gasteiger partial charge in [0.2, 0.25) is 0 Å². The van der Waals surface area contributed by atoms with E-state index in [2.05, 4.69) is 40.4 Å². The molecule has 0 spiro atoms. The summed E-state index contributed by atoms with van der Waals surface area (Å²) >= 11 is 8.80. The zero-order chi connectivity index (χ0) is 20.3. The van der Waals surface area contributed by atoms with Crippen LogP contribution in [0.5, 0.6) is 5.75 Å². The molecule has 0 aliphatic carbocycles. The third-order valence-electron chi connectivity index (χ3n) is 4.79. The van der Waals surface area contributed by atoms with Crippen molar-refractivity contribution in [1.29, 1.82) is 0 Å². The maximum absolute atomic E-state index is 12.8. The number of thiocarbonyl (C=S) groups is 1. The van der Waals surface area contributed by atoms with Crippen LogP contribution in [0.2, 0.25) is 0 Å². The molecule has 0 saturated heterocycles. The number of phenolic OH excluding ortho intramolecular Hbond substituents is 1. The topological polar surface area (TPSA) is 61.4 Å². The fourth-order valence-corrected chi connectivity index (χ4v) is 3.69. The van der Waals surface area contributed by atoms with Gasteiger partial charge in [0.15, 0.2) is 5.11 Å². The van der Waals surface area contributed by atoms with E-state index in [4.69, 9.17) is 12.2 Å². The Hall–Kier alpha value is -2.44. The molecule has 28 heavy (non-hydrogen) atoms. The Morgan fingerprint density at radius 1 is 1.14 bits per heavy atom. The Balaban J connectivity index is 1.79. The first kappa shape index (κ1) is 20.3. The quantitative estimate of drug-likeness (QED) is 0.335. The van der Waals surface area contributed by atoms with Gasteiger partial charge in [-0.05, 0) is 65.2 Å². The van der Waals surface area contributed by atoms with Crippen molar-refractivity contribution in [1.82, 2.24) is 5.32 Å². The lowest BCUT2D eigenvalue weighted by molar-refractivity contribution is 0.0979. The number of rotatable bonds is 4. The molecule has 0 aromatic heterocycles. The van der Waals surface area contributed by atoms with E-state index < -0.39 is 0 Å². The van der Waals surface area contributed by atoms with E-state index in [0.717, 1.165) is 27.2 Å². The first-order valence-corrected chi connectivity index (χ1v) is 10.2. The molecule has 3 N–H and O–H groups in total. The molecule has 1 atom stereocenters. The monoisotopic (exact) mass is 456 g/mol. The first-order valence-electron chi connectivity index (χ1n) is 9.03. The predicted molar refractivity (Wildman–Crippen MR) is 122 cm³/mol. The minimum absolute atomic E-state index is 0.0812. The second-order valence-corrected chi connectivity index (χ2v) is 7.90. The van der Waals surface area contributed by atoms with E-state index in [-0.39, 0.29) is 16.8 Å². The average Bonchev–Trinajstić information content (AvgIpc) is 2.69. The van der Waals surface area contributed by atoms with Crippen LogP contribution in [0.3, 0.4) is 0 Å². The van der Waals surface area contributed by atoms with Gasteiger partial charge >= 0.3 is 0 Å². The smallest absolute Gasteiger partial charge is 0.258 e. The number of halogens is 1. The van der Waals surface area contributed by atoms with E-state index in [0.29, 0.717) is 17.2 Å². The fourth-order valence-electron chi connectivity index (χ4n) is 2.99. The Morgan fingerprint density at radius 3 is 2.61 bits per heavy atom. The summed E-state index contributed by atoms with van der Waals surface area (Å²) in [6.45, 7) is 4.23. The molecule has 4 nitrogen and oxygen atoms in total. The molecule has 3 aromatic carbocycles. The maximum Gasteiger partial charge on any atom is 0.258 e. The minimum Gasteiger partial charge on any atom is -0.506 e. The molecule has 3 aromatic rings. The molecule has 1 unspecified atom stereocenters. The van der Waals surface area contributed by atoms with Crippen LogP contribution in [0.25, 0.3) is 10.8 Å². The molecule has 144 valence electrons. The largest absolute Gasteiger partial charge is 0.506 e. The van der Waals surface area contributed by atoms with Crippen LogP contribution in [-0.2, 0) is 0 Å². The van der Waals surface area contributed by atoms with Gasteiger partial charge in [-0.2, -0.15) is 0 Å². The molecule has 0 heterocycles. The summed E-state index contributed by atoms with van der Waals surface area (Å²) < 4.78 is 0.923. The van der Waals surface area contributed by atoms with E-state index in [1.165, 1.54) is 0 Å². The number of phenols is 1. The molecule has 0 saturated carbocycles. The highest BCUT2D eigenvalue weighted by Gasteiger charge is 2.14. The molecular formula is C22H21BrN2O2S. The van der Waals surface area contributed by atoms with Gasteiger partial charge in [0.05, 0.1) is 5.69 Å². The maximum atomic E-state index is 12.8. The Bertz CT molecular complexity index is 1050. The van der Waals surface area contributed by atoms with Gasteiger partial charge < -0.3 is 10.4 Å². The van der Waals surface area contributed by atoms with Crippen LogP contribution in [0.1, 0.15) is 42.1 Å². The van der Waals surface area contributed by atoms with Crippen molar-refractivity contribution < 1.29 is 9.90 Å². The highest BCUT2D eigenvalue weighted by Crippen LogP contribution is 2.29. The van der Waals surface area contributed by atoms with Crippen LogP contribution in [0.4, 0.5) is 5.69 Å². The molecule has 0 aliphatic rings. The highest BCUT2D eigenvalue weighted by molar-refractivity contribution is 9.10. The summed E-state index contributed by atoms with van der Waals surface area (Å²) in [4.78, 5) is 12.8. The van der Waals surface area contributed by atoms with Gasteiger partial charge in [-0.1, -0.05) is 60.1 Å². The lowest BCUT2D eigenvalue weighted by Crippen LogP contribution is -2.34. The van der Waals surface area contributed by atoms with Gasteiger partial charge in [-0.3, -0.25) is 10.1 Å². The number of hydrogen-bond acceptors (Lipinski definition) is 3. The second kappa shape index (κ2) is 8.71. The van der Waals surface area contributed by atoms with Crippen LogP contribution >= 0.6 is 28.1 Å². The zero-order valence-corrected chi connectivity index (χ0v) is 18.0. The van der Waals surface area contributed by atoms with Crippen molar-refractivity contribution in [3.05, 3.63) is 70.2 Å². The van der Waals surface area contributed by atoms with Crippen LogP contribution in [0.15, 0.2) is 59.1 Å². The lowest BCUT2D eigenvalue weighted by Gasteiger charge is -2.15. The Kier molecular flexibility index (Phi) is 6.31. The third kappa shape index (κ3) is 4.34. The van der Waals surface area contributed by atoms with Crippen molar-refractivity contribution in [2.75, 3.05) is 5.32 Å². The van der Waals surface area contributed by atoms with Crippen molar-refractivity contribution in [2.24, 2.45) is 0 Å². The van der Waals surface area contributed by atoms with E-state index in [1.54, 1.807) is 12.1 Å². The second-order valence-electron chi connectivity index (χ2n) is 6.63. The summed E-state index contributed by atoms with van der Waals surface area (Å²) in [5.74, 6) is 0.134. The van der Waals surface area contributed by atoms with Gasteiger partial charge in [0, 0.05) is 10.0 Å². The van der Waals surface area contributed by atoms with E-state index in [9.17, 15) is 9.90 Å². The summed E-state index contributed by atoms with van der Waals surface area (Å²) in [5.41, 5.74) is 2.10. The van der Waals surface area contributed by atoms with Crippen LogP contribution in [-0.4, -0.2) is 16.1 Å². The van der Waals surface area contributed by atoms with Gasteiger partial charge in [-0.25, -0.2) is 0 Å².